The Kier molecular flexibility index (Phi) is 2.82. The minimum Gasteiger partial charge on any atom is -0.496 e. The first-order chi connectivity index (χ1) is 7.77. The van der Waals surface area contributed by atoms with E-state index in [0.717, 1.165) is 22.5 Å². The molecule has 0 aliphatic carbocycles. The van der Waals surface area contributed by atoms with E-state index in [1.165, 1.54) is 5.39 Å². The van der Waals surface area contributed by atoms with Gasteiger partial charge in [0.1, 0.15) is 5.76 Å². The molecule has 2 aromatic rings. The molecule has 1 heterocycles. The highest BCUT2D eigenvalue weighted by Crippen LogP contribution is 2.28. The quantitative estimate of drug-likeness (QED) is 0.611. The van der Waals surface area contributed by atoms with Crippen LogP contribution >= 0.6 is 0 Å². The first-order valence-corrected chi connectivity index (χ1v) is 5.22. The van der Waals surface area contributed by atoms with Gasteiger partial charge in [0.05, 0.1) is 7.11 Å². The predicted octanol–water partition coefficient (Wildman–Crippen LogP) is 3.65. The molecule has 1 N–H and O–H groups in total. The predicted molar refractivity (Wildman–Crippen MR) is 68.2 cm³/mol. The third-order valence-electron chi connectivity index (χ3n) is 2.63. The molecular formula is C14H15NO. The fraction of sp³-hybridized carbons (Fsp3) is 0.143. The van der Waals surface area contributed by atoms with Crippen LogP contribution in [0.2, 0.25) is 0 Å². The average Bonchev–Trinajstić information content (AvgIpc) is 2.62. The van der Waals surface area contributed by atoms with E-state index in [-0.39, 0.29) is 0 Å². The molecule has 16 heavy (non-hydrogen) atoms. The fourth-order valence-corrected chi connectivity index (χ4v) is 1.95. The van der Waals surface area contributed by atoms with Gasteiger partial charge in [-0.15, -0.1) is 0 Å². The minimum atomic E-state index is 0.838. The van der Waals surface area contributed by atoms with Gasteiger partial charge in [-0.3, -0.25) is 0 Å². The maximum atomic E-state index is 5.39. The normalized spacial score (nSPS) is 11.8. The summed E-state index contributed by atoms with van der Waals surface area (Å²) in [4.78, 5) is 3.35. The smallest absolute Gasteiger partial charge is 0.128 e. The van der Waals surface area contributed by atoms with Crippen LogP contribution in [0, 0.1) is 6.92 Å². The van der Waals surface area contributed by atoms with Crippen molar-refractivity contribution in [3.8, 4) is 0 Å². The lowest BCUT2D eigenvalue weighted by molar-refractivity contribution is 0.370. The molecule has 2 nitrogen and oxygen atoms in total. The van der Waals surface area contributed by atoms with Crippen molar-refractivity contribution in [2.24, 2.45) is 0 Å². The van der Waals surface area contributed by atoms with E-state index in [1.807, 2.05) is 25.1 Å². The van der Waals surface area contributed by atoms with Gasteiger partial charge in [0, 0.05) is 22.2 Å². The Bertz CT molecular complexity index is 549. The average molecular weight is 213 g/mol. The molecule has 0 bridgehead atoms. The molecule has 0 spiro atoms. The molecule has 0 fully saturated rings. The van der Waals surface area contributed by atoms with Gasteiger partial charge < -0.3 is 9.72 Å². The molecule has 0 saturated carbocycles. The summed E-state index contributed by atoms with van der Waals surface area (Å²) in [5, 5.41) is 1.18. The number of nitrogens with one attached hydrogen (secondary N) is 1. The molecular weight excluding hydrogens is 198 g/mol. The van der Waals surface area contributed by atoms with Crippen molar-refractivity contribution in [2.75, 3.05) is 7.11 Å². The Hall–Kier alpha value is -1.96. The Labute approximate surface area is 95.2 Å². The third-order valence-corrected chi connectivity index (χ3v) is 2.63. The number of hydrogen-bond donors (Lipinski definition) is 1. The Morgan fingerprint density at radius 2 is 2.12 bits per heavy atom. The van der Waals surface area contributed by atoms with Crippen LogP contribution in [0.5, 0.6) is 0 Å². The van der Waals surface area contributed by atoms with E-state index in [1.54, 1.807) is 13.2 Å². The second kappa shape index (κ2) is 4.27. The Balaban J connectivity index is 2.71. The topological polar surface area (TPSA) is 25.0 Å². The van der Waals surface area contributed by atoms with Gasteiger partial charge in [0.2, 0.25) is 0 Å². The molecule has 0 amide bonds. The molecule has 0 aliphatic rings. The van der Waals surface area contributed by atoms with Crippen molar-refractivity contribution in [2.45, 2.75) is 6.92 Å². The molecule has 2 heteroatoms. The van der Waals surface area contributed by atoms with Crippen LogP contribution in [-0.4, -0.2) is 12.1 Å². The number of methoxy groups -OCH3 is 1. The van der Waals surface area contributed by atoms with Gasteiger partial charge in [-0.2, -0.15) is 0 Å². The number of H-pyrrole nitrogens is 1. The van der Waals surface area contributed by atoms with Gasteiger partial charge in [-0.1, -0.05) is 30.9 Å². The number of rotatable bonds is 3. The van der Waals surface area contributed by atoms with E-state index in [0.29, 0.717) is 0 Å². The Morgan fingerprint density at radius 1 is 1.38 bits per heavy atom. The van der Waals surface area contributed by atoms with Gasteiger partial charge >= 0.3 is 0 Å². The number of aromatic amines is 1. The van der Waals surface area contributed by atoms with Crippen molar-refractivity contribution in [1.29, 1.82) is 0 Å². The van der Waals surface area contributed by atoms with Crippen LogP contribution in [0.4, 0.5) is 0 Å². The first-order valence-electron chi connectivity index (χ1n) is 5.22. The van der Waals surface area contributed by atoms with Crippen molar-refractivity contribution in [3.63, 3.8) is 0 Å². The van der Waals surface area contributed by atoms with E-state index in [2.05, 4.69) is 23.7 Å². The summed E-state index contributed by atoms with van der Waals surface area (Å²) in [7, 11) is 1.68. The van der Waals surface area contributed by atoms with E-state index >= 15 is 0 Å². The lowest BCUT2D eigenvalue weighted by Gasteiger charge is -2.05. The van der Waals surface area contributed by atoms with Gasteiger partial charge in [-0.05, 0) is 19.1 Å². The number of allylic oxidation sites excluding steroid dienone is 2. The van der Waals surface area contributed by atoms with Crippen LogP contribution in [0.3, 0.4) is 0 Å². The summed E-state index contributed by atoms with van der Waals surface area (Å²) in [6.45, 7) is 5.75. The summed E-state index contributed by atoms with van der Waals surface area (Å²) >= 11 is 0. The van der Waals surface area contributed by atoms with Gasteiger partial charge in [-0.25, -0.2) is 0 Å². The lowest BCUT2D eigenvalue weighted by Crippen LogP contribution is -1.88. The van der Waals surface area contributed by atoms with Crippen LogP contribution in [0.15, 0.2) is 43.0 Å². The molecule has 0 saturated heterocycles. The van der Waals surface area contributed by atoms with E-state index in [4.69, 9.17) is 4.74 Å². The van der Waals surface area contributed by atoms with Crippen LogP contribution in [0.1, 0.15) is 11.3 Å². The summed E-state index contributed by atoms with van der Waals surface area (Å²) in [6, 6.07) is 8.20. The molecule has 0 atom stereocenters. The highest BCUT2D eigenvalue weighted by atomic mass is 16.5. The number of fused-ring (bicyclic) bond motifs is 1. The number of benzene rings is 1. The number of aromatic nitrogens is 1. The molecule has 0 radical (unpaired) electrons. The Morgan fingerprint density at radius 3 is 2.81 bits per heavy atom. The standard InChI is InChI=1S/C14H15NO/c1-4-7-13(16-3)14-10(2)15-12-9-6-5-8-11(12)14/h4-9,15H,1H2,2-3H3/b13-7+. The number of para-hydroxylation sites is 1. The molecule has 0 unspecified atom stereocenters. The van der Waals surface area contributed by atoms with Gasteiger partial charge in [0.15, 0.2) is 0 Å². The molecule has 2 rings (SSSR count). The summed E-state index contributed by atoms with van der Waals surface area (Å²) in [5.74, 6) is 0.838. The van der Waals surface area contributed by atoms with E-state index < -0.39 is 0 Å². The van der Waals surface area contributed by atoms with Crippen molar-refractivity contribution < 1.29 is 4.74 Å². The summed E-state index contributed by atoms with van der Waals surface area (Å²) < 4.78 is 5.39. The lowest BCUT2D eigenvalue weighted by atomic mass is 10.1. The number of hydrogen-bond acceptors (Lipinski definition) is 1. The molecule has 1 aromatic heterocycles. The largest absolute Gasteiger partial charge is 0.496 e. The molecule has 0 aliphatic heterocycles. The SMILES string of the molecule is C=C/C=C(/OC)c1c(C)[nH]c2ccccc12. The first kappa shape index (κ1) is 10.6. The maximum absolute atomic E-state index is 5.39. The van der Waals surface area contributed by atoms with Crippen LogP contribution in [-0.2, 0) is 4.74 Å². The third kappa shape index (κ3) is 1.63. The monoisotopic (exact) mass is 213 g/mol. The summed E-state index contributed by atoms with van der Waals surface area (Å²) in [6.07, 6.45) is 3.61. The van der Waals surface area contributed by atoms with Crippen LogP contribution in [0.25, 0.3) is 16.7 Å². The van der Waals surface area contributed by atoms with Crippen LogP contribution < -0.4 is 0 Å². The van der Waals surface area contributed by atoms with Gasteiger partial charge in [0.25, 0.3) is 0 Å². The van der Waals surface area contributed by atoms with Crippen molar-refractivity contribution >= 4 is 16.7 Å². The minimum absolute atomic E-state index is 0.838. The zero-order valence-electron chi connectivity index (χ0n) is 9.58. The highest BCUT2D eigenvalue weighted by molar-refractivity contribution is 5.92. The second-order valence-electron chi connectivity index (χ2n) is 3.64. The molecule has 82 valence electrons. The second-order valence-corrected chi connectivity index (χ2v) is 3.64. The summed E-state index contributed by atoms with van der Waals surface area (Å²) in [5.41, 5.74) is 3.34. The number of aryl methyl sites for hydroxylation is 1. The fourth-order valence-electron chi connectivity index (χ4n) is 1.95. The maximum Gasteiger partial charge on any atom is 0.128 e. The van der Waals surface area contributed by atoms with Crippen molar-refractivity contribution in [1.82, 2.24) is 4.98 Å². The number of ether oxygens (including phenoxy) is 1. The highest BCUT2D eigenvalue weighted by Gasteiger charge is 2.11. The molecule has 1 aromatic carbocycles. The zero-order valence-corrected chi connectivity index (χ0v) is 9.58. The van der Waals surface area contributed by atoms with E-state index in [9.17, 15) is 0 Å². The van der Waals surface area contributed by atoms with Crippen molar-refractivity contribution in [3.05, 3.63) is 54.3 Å². The zero-order chi connectivity index (χ0) is 11.5.